The van der Waals surface area contributed by atoms with Crippen LogP contribution in [-0.2, 0) is 22.8 Å². The van der Waals surface area contributed by atoms with E-state index in [1.54, 1.807) is 32.9 Å². The Hall–Kier alpha value is -2.96. The van der Waals surface area contributed by atoms with Gasteiger partial charge in [0.1, 0.15) is 5.69 Å². The molecule has 1 aromatic heterocycles. The number of rotatable bonds is 6. The number of benzene rings is 1. The van der Waals surface area contributed by atoms with Crippen molar-refractivity contribution in [3.8, 4) is 0 Å². The van der Waals surface area contributed by atoms with E-state index in [0.29, 0.717) is 5.56 Å². The molecule has 150 valence electrons. The fourth-order valence-corrected chi connectivity index (χ4v) is 3.29. The number of hydrogen-bond donors (Lipinski definition) is 0. The number of esters is 1. The van der Waals surface area contributed by atoms with Crippen molar-refractivity contribution >= 4 is 11.8 Å². The van der Waals surface area contributed by atoms with Crippen molar-refractivity contribution in [3.05, 3.63) is 67.0 Å². The van der Waals surface area contributed by atoms with Gasteiger partial charge in [-0.15, -0.1) is 0 Å². The Kier molecular flexibility index (Phi) is 6.38. The maximum atomic E-state index is 13.3. The fraction of sp³-hybridized carbons (Fsp3) is 0.429. The Bertz CT molecular complexity index is 1020. The van der Waals surface area contributed by atoms with Crippen LogP contribution in [0.25, 0.3) is 0 Å². The monoisotopic (exact) mass is 386 g/mol. The first-order chi connectivity index (χ1) is 13.1. The van der Waals surface area contributed by atoms with E-state index in [4.69, 9.17) is 4.74 Å². The Morgan fingerprint density at radius 2 is 1.61 bits per heavy atom. The van der Waals surface area contributed by atoms with Crippen molar-refractivity contribution < 1.29 is 14.3 Å². The zero-order valence-electron chi connectivity index (χ0n) is 17.2. The summed E-state index contributed by atoms with van der Waals surface area (Å²) in [7, 11) is 0. The molecule has 28 heavy (non-hydrogen) atoms. The quantitative estimate of drug-likeness (QED) is 0.562. The molecule has 0 unspecified atom stereocenters. The summed E-state index contributed by atoms with van der Waals surface area (Å²) >= 11 is 0. The van der Waals surface area contributed by atoms with Crippen LogP contribution in [0.4, 0.5) is 0 Å². The molecule has 0 aliphatic heterocycles. The number of nitrogens with zero attached hydrogens (tertiary/aromatic N) is 2. The van der Waals surface area contributed by atoms with Crippen LogP contribution in [0.1, 0.15) is 66.4 Å². The van der Waals surface area contributed by atoms with Crippen molar-refractivity contribution in [2.45, 2.75) is 60.7 Å². The van der Waals surface area contributed by atoms with Gasteiger partial charge in [-0.05, 0) is 38.8 Å². The second-order valence-electron chi connectivity index (χ2n) is 7.15. The topological polar surface area (TPSA) is 87.4 Å². The summed E-state index contributed by atoms with van der Waals surface area (Å²) in [5.74, 6) is -1.28. The molecule has 7 nitrogen and oxygen atoms in total. The van der Waals surface area contributed by atoms with Crippen molar-refractivity contribution in [1.29, 1.82) is 0 Å². The molecular weight excluding hydrogens is 360 g/mol. The molecule has 2 rings (SSSR count). The Balaban J connectivity index is 2.82. The van der Waals surface area contributed by atoms with Gasteiger partial charge in [0.2, 0.25) is 5.78 Å². The predicted molar refractivity (Wildman–Crippen MR) is 106 cm³/mol. The number of hydrogen-bond acceptors (Lipinski definition) is 5. The molecular formula is C21H26N2O5. The smallest absolute Gasteiger partial charge is 0.334 e. The van der Waals surface area contributed by atoms with Gasteiger partial charge in [0.25, 0.3) is 5.56 Å². The van der Waals surface area contributed by atoms with Gasteiger partial charge in [-0.1, -0.05) is 31.0 Å². The predicted octanol–water partition coefficient (Wildman–Crippen LogP) is 2.52. The largest absolute Gasteiger partial charge is 0.444 e. The lowest BCUT2D eigenvalue weighted by molar-refractivity contribution is -0.145. The number of ether oxygens (including phenoxy) is 1. The molecule has 0 atom stereocenters. The molecule has 0 saturated heterocycles. The number of ketones is 1. The van der Waals surface area contributed by atoms with E-state index in [1.165, 1.54) is 11.5 Å². The molecule has 0 N–H and O–H groups in total. The van der Waals surface area contributed by atoms with E-state index in [1.807, 2.05) is 19.9 Å². The Labute approximate surface area is 163 Å². The van der Waals surface area contributed by atoms with Crippen molar-refractivity contribution in [2.75, 3.05) is 0 Å². The van der Waals surface area contributed by atoms with Gasteiger partial charge in [0.05, 0.1) is 0 Å². The van der Waals surface area contributed by atoms with Gasteiger partial charge in [-0.3, -0.25) is 19.0 Å². The van der Waals surface area contributed by atoms with E-state index < -0.39 is 23.9 Å². The van der Waals surface area contributed by atoms with E-state index >= 15 is 0 Å². The fourth-order valence-electron chi connectivity index (χ4n) is 3.29. The molecule has 0 saturated carbocycles. The molecule has 1 heterocycles. The normalized spacial score (nSPS) is 11.0. The highest BCUT2D eigenvalue weighted by Crippen LogP contribution is 2.20. The third kappa shape index (κ3) is 4.13. The van der Waals surface area contributed by atoms with Crippen LogP contribution < -0.4 is 11.2 Å². The van der Waals surface area contributed by atoms with Gasteiger partial charge < -0.3 is 4.74 Å². The summed E-state index contributed by atoms with van der Waals surface area (Å²) in [6.45, 7) is 9.99. The van der Waals surface area contributed by atoms with Gasteiger partial charge >= 0.3 is 11.7 Å². The lowest BCUT2D eigenvalue weighted by Gasteiger charge is -2.19. The number of aromatic nitrogens is 2. The van der Waals surface area contributed by atoms with Crippen molar-refractivity contribution in [1.82, 2.24) is 9.13 Å². The van der Waals surface area contributed by atoms with E-state index in [9.17, 15) is 19.2 Å². The Morgan fingerprint density at radius 3 is 2.07 bits per heavy atom. The Morgan fingerprint density at radius 1 is 1.04 bits per heavy atom. The second-order valence-corrected chi connectivity index (χ2v) is 7.15. The highest BCUT2D eigenvalue weighted by Gasteiger charge is 2.26. The van der Waals surface area contributed by atoms with Gasteiger partial charge in [-0.2, -0.15) is 0 Å². The summed E-state index contributed by atoms with van der Waals surface area (Å²) in [6, 6.07) is 5.44. The summed E-state index contributed by atoms with van der Waals surface area (Å²) in [5, 5.41) is 0. The molecule has 0 spiro atoms. The first-order valence-corrected chi connectivity index (χ1v) is 9.22. The lowest BCUT2D eigenvalue weighted by Crippen LogP contribution is -2.45. The minimum atomic E-state index is -0.675. The third-order valence-corrected chi connectivity index (χ3v) is 4.45. The second kappa shape index (κ2) is 8.37. The summed E-state index contributed by atoms with van der Waals surface area (Å²) < 4.78 is 7.00. The summed E-state index contributed by atoms with van der Waals surface area (Å²) in [4.78, 5) is 50.4. The molecule has 2 aromatic rings. The van der Waals surface area contributed by atoms with E-state index in [-0.39, 0.29) is 29.5 Å². The number of carbonyl (C=O) groups is 2. The van der Waals surface area contributed by atoms with Gasteiger partial charge in [0.15, 0.2) is 6.73 Å². The summed E-state index contributed by atoms with van der Waals surface area (Å²) in [6.07, 6.45) is 0. The number of aryl methyl sites for hydroxylation is 2. The average Bonchev–Trinajstić information content (AvgIpc) is 2.59. The molecule has 0 bridgehead atoms. The average molecular weight is 386 g/mol. The molecule has 7 heteroatoms. The van der Waals surface area contributed by atoms with Crippen LogP contribution in [0, 0.1) is 13.8 Å². The first-order valence-electron chi connectivity index (χ1n) is 9.22. The molecule has 1 aromatic carbocycles. The zero-order valence-corrected chi connectivity index (χ0v) is 17.2. The maximum Gasteiger partial charge on any atom is 0.334 e. The highest BCUT2D eigenvalue weighted by molar-refractivity contribution is 6.09. The standard InChI is InChI=1S/C21H26N2O5/c1-7-22-18(19(25)16-9-13(4)8-14(5)10-16)17(12(2)3)20(26)23(21(22)27)11-28-15(6)24/h8-10,12H,7,11H2,1-6H3. The van der Waals surface area contributed by atoms with E-state index in [0.717, 1.165) is 15.7 Å². The van der Waals surface area contributed by atoms with Crippen LogP contribution in [0.5, 0.6) is 0 Å². The van der Waals surface area contributed by atoms with Crippen molar-refractivity contribution in [2.24, 2.45) is 0 Å². The van der Waals surface area contributed by atoms with Crippen LogP contribution in [0.3, 0.4) is 0 Å². The van der Waals surface area contributed by atoms with Crippen molar-refractivity contribution in [3.63, 3.8) is 0 Å². The molecule has 0 fully saturated rings. The van der Waals surface area contributed by atoms with Gasteiger partial charge in [0, 0.05) is 24.6 Å². The van der Waals surface area contributed by atoms with Crippen LogP contribution in [-0.4, -0.2) is 20.9 Å². The SMILES string of the molecule is CCn1c(C(=O)c2cc(C)cc(C)c2)c(C(C)C)c(=O)n(COC(C)=O)c1=O. The van der Waals surface area contributed by atoms with Crippen LogP contribution >= 0.6 is 0 Å². The van der Waals surface area contributed by atoms with Crippen LogP contribution in [0.15, 0.2) is 27.8 Å². The molecule has 0 aliphatic carbocycles. The number of carbonyl (C=O) groups excluding carboxylic acids is 2. The van der Waals surface area contributed by atoms with E-state index in [2.05, 4.69) is 0 Å². The molecule has 0 amide bonds. The third-order valence-electron chi connectivity index (χ3n) is 4.45. The first kappa shape index (κ1) is 21.3. The maximum absolute atomic E-state index is 13.3. The van der Waals surface area contributed by atoms with Gasteiger partial charge in [-0.25, -0.2) is 9.36 Å². The highest BCUT2D eigenvalue weighted by atomic mass is 16.5. The van der Waals surface area contributed by atoms with Crippen LogP contribution in [0.2, 0.25) is 0 Å². The minimum Gasteiger partial charge on any atom is -0.444 e. The summed E-state index contributed by atoms with van der Waals surface area (Å²) in [5.41, 5.74) is 1.31. The molecule has 0 radical (unpaired) electrons. The minimum absolute atomic E-state index is 0.0941. The molecule has 0 aliphatic rings. The lowest BCUT2D eigenvalue weighted by atomic mass is 9.95. The zero-order chi connectivity index (χ0) is 21.2.